The Hall–Kier alpha value is -7.83. The average molecular weight is 730 g/mol. The van der Waals surface area contributed by atoms with Gasteiger partial charge in [0, 0.05) is 55.0 Å². The van der Waals surface area contributed by atoms with E-state index < -0.39 is 0 Å². The minimum atomic E-state index is 0.589. The van der Waals surface area contributed by atoms with Crippen molar-refractivity contribution in [3.63, 3.8) is 0 Å². The van der Waals surface area contributed by atoms with E-state index in [4.69, 9.17) is 19.4 Å². The molecule has 6 heteroatoms. The van der Waals surface area contributed by atoms with E-state index in [1.165, 1.54) is 10.8 Å². The van der Waals surface area contributed by atoms with E-state index >= 15 is 0 Å². The summed E-state index contributed by atoms with van der Waals surface area (Å²) in [6.07, 6.45) is 0. The SMILES string of the molecule is c1ccc(-c2nc(-c3ccccc3)nc(-c3cc4c5ccccc5oc4c4c5ccccc5n(-c5ccc6c(c5)c5ccccc5n6-c5ccccc5)c34)n2)cc1. The number of rotatable bonds is 5. The van der Waals surface area contributed by atoms with Gasteiger partial charge in [-0.3, -0.25) is 0 Å². The largest absolute Gasteiger partial charge is 0.455 e. The summed E-state index contributed by atoms with van der Waals surface area (Å²) in [6.45, 7) is 0. The zero-order valence-corrected chi connectivity index (χ0v) is 30.5. The molecule has 0 N–H and O–H groups in total. The molecule has 57 heavy (non-hydrogen) atoms. The Kier molecular flexibility index (Phi) is 6.83. The molecule has 0 fully saturated rings. The van der Waals surface area contributed by atoms with Crippen molar-refractivity contribution in [3.8, 4) is 45.5 Å². The van der Waals surface area contributed by atoms with Crippen LogP contribution in [0.15, 0.2) is 192 Å². The molecule has 0 aliphatic carbocycles. The molecule has 6 nitrogen and oxygen atoms in total. The zero-order chi connectivity index (χ0) is 37.5. The van der Waals surface area contributed by atoms with Crippen molar-refractivity contribution in [2.45, 2.75) is 0 Å². The number of fused-ring (bicyclic) bond motifs is 10. The van der Waals surface area contributed by atoms with Crippen LogP contribution in [0.3, 0.4) is 0 Å². The minimum Gasteiger partial charge on any atom is -0.455 e. The molecule has 0 aliphatic rings. The van der Waals surface area contributed by atoms with Gasteiger partial charge in [-0.1, -0.05) is 133 Å². The molecule has 0 amide bonds. The highest BCUT2D eigenvalue weighted by Gasteiger charge is 2.25. The van der Waals surface area contributed by atoms with Crippen molar-refractivity contribution in [2.24, 2.45) is 0 Å². The first kappa shape index (κ1) is 31.5. The maximum Gasteiger partial charge on any atom is 0.166 e. The van der Waals surface area contributed by atoms with Gasteiger partial charge in [-0.2, -0.15) is 0 Å². The van der Waals surface area contributed by atoms with Crippen molar-refractivity contribution in [1.29, 1.82) is 0 Å². The van der Waals surface area contributed by atoms with Gasteiger partial charge >= 0.3 is 0 Å². The Morgan fingerprint density at radius 3 is 1.61 bits per heavy atom. The molecular formula is C51H31N5O. The number of furan rings is 1. The number of aromatic nitrogens is 5. The molecule has 0 unspecified atom stereocenters. The Morgan fingerprint density at radius 1 is 0.368 bits per heavy atom. The Labute approximate surface area is 326 Å². The molecule has 0 atom stereocenters. The third-order valence-corrected chi connectivity index (χ3v) is 11.1. The first-order valence-corrected chi connectivity index (χ1v) is 19.1. The molecule has 266 valence electrons. The summed E-state index contributed by atoms with van der Waals surface area (Å²) in [6, 6.07) is 65.4. The molecule has 8 aromatic carbocycles. The first-order chi connectivity index (χ1) is 28.3. The second kappa shape index (κ2) is 12.3. The smallest absolute Gasteiger partial charge is 0.166 e. The topological polar surface area (TPSA) is 61.7 Å². The molecule has 0 bridgehead atoms. The van der Waals surface area contributed by atoms with Gasteiger partial charge in [0.2, 0.25) is 0 Å². The lowest BCUT2D eigenvalue weighted by molar-refractivity contribution is 0.673. The summed E-state index contributed by atoms with van der Waals surface area (Å²) < 4.78 is 11.5. The van der Waals surface area contributed by atoms with E-state index in [9.17, 15) is 0 Å². The van der Waals surface area contributed by atoms with Gasteiger partial charge < -0.3 is 13.6 Å². The van der Waals surface area contributed by atoms with E-state index in [1.807, 2.05) is 72.8 Å². The maximum absolute atomic E-state index is 6.81. The second-order valence-corrected chi connectivity index (χ2v) is 14.4. The molecular weight excluding hydrogens is 699 g/mol. The van der Waals surface area contributed by atoms with Gasteiger partial charge in [-0.05, 0) is 54.6 Å². The molecule has 0 radical (unpaired) electrons. The van der Waals surface area contributed by atoms with E-state index in [1.54, 1.807) is 0 Å². The van der Waals surface area contributed by atoms with Crippen molar-refractivity contribution >= 4 is 65.6 Å². The van der Waals surface area contributed by atoms with Gasteiger partial charge in [0.1, 0.15) is 11.2 Å². The molecule has 4 aromatic heterocycles. The van der Waals surface area contributed by atoms with Crippen molar-refractivity contribution in [2.75, 3.05) is 0 Å². The molecule has 12 rings (SSSR count). The van der Waals surface area contributed by atoms with Crippen LogP contribution in [0.5, 0.6) is 0 Å². The van der Waals surface area contributed by atoms with Crippen molar-refractivity contribution in [1.82, 2.24) is 24.1 Å². The summed E-state index contributed by atoms with van der Waals surface area (Å²) in [5, 5.41) is 6.52. The average Bonchev–Trinajstić information content (AvgIpc) is 3.94. The predicted octanol–water partition coefficient (Wildman–Crippen LogP) is 13.0. The number of hydrogen-bond acceptors (Lipinski definition) is 4. The first-order valence-electron chi connectivity index (χ1n) is 19.1. The van der Waals surface area contributed by atoms with Crippen LogP contribution in [0.2, 0.25) is 0 Å². The number of nitrogens with zero attached hydrogens (tertiary/aromatic N) is 5. The number of benzene rings is 8. The summed E-state index contributed by atoms with van der Waals surface area (Å²) in [4.78, 5) is 15.6. The fourth-order valence-electron chi connectivity index (χ4n) is 8.65. The maximum atomic E-state index is 6.81. The minimum absolute atomic E-state index is 0.589. The van der Waals surface area contributed by atoms with E-state index in [-0.39, 0.29) is 0 Å². The van der Waals surface area contributed by atoms with Crippen LogP contribution in [0.1, 0.15) is 0 Å². The quantitative estimate of drug-likeness (QED) is 0.177. The van der Waals surface area contributed by atoms with Crippen LogP contribution in [0.25, 0.3) is 111 Å². The highest BCUT2D eigenvalue weighted by atomic mass is 16.3. The fourth-order valence-corrected chi connectivity index (χ4v) is 8.65. The molecule has 0 spiro atoms. The normalized spacial score (nSPS) is 11.9. The van der Waals surface area contributed by atoms with Gasteiger partial charge in [0.15, 0.2) is 17.5 Å². The standard InChI is InChI=1S/C51H31N5O/c1-4-16-32(17-5-1)49-52-50(33-18-6-2-7-19-33)54-51(53-49)41-31-40-37-23-12-15-27-45(37)57-48(40)46-38-24-11-14-26-43(38)56(47(41)46)35-28-29-44-39(30-35)36-22-10-13-25-42(36)55(44)34-20-8-3-9-21-34/h1-31H. The lowest BCUT2D eigenvalue weighted by atomic mass is 10.0. The van der Waals surface area contributed by atoms with Crippen molar-refractivity contribution < 1.29 is 4.42 Å². The van der Waals surface area contributed by atoms with Crippen molar-refractivity contribution in [3.05, 3.63) is 188 Å². The lowest BCUT2D eigenvalue weighted by Gasteiger charge is -2.14. The highest BCUT2D eigenvalue weighted by molar-refractivity contribution is 6.27. The van der Waals surface area contributed by atoms with Crippen LogP contribution in [-0.4, -0.2) is 24.1 Å². The van der Waals surface area contributed by atoms with E-state index in [2.05, 4.69) is 124 Å². The zero-order valence-electron chi connectivity index (χ0n) is 30.5. The van der Waals surface area contributed by atoms with Crippen LogP contribution >= 0.6 is 0 Å². The third kappa shape index (κ3) is 4.81. The second-order valence-electron chi connectivity index (χ2n) is 14.4. The van der Waals surface area contributed by atoms with Crippen LogP contribution in [-0.2, 0) is 0 Å². The Bertz CT molecular complexity index is 3450. The molecule has 0 aliphatic heterocycles. The summed E-state index contributed by atoms with van der Waals surface area (Å²) in [5.41, 5.74) is 10.9. The summed E-state index contributed by atoms with van der Waals surface area (Å²) in [5.74, 6) is 1.82. The summed E-state index contributed by atoms with van der Waals surface area (Å²) >= 11 is 0. The third-order valence-electron chi connectivity index (χ3n) is 11.1. The molecule has 4 heterocycles. The van der Waals surface area contributed by atoms with Crippen LogP contribution < -0.4 is 0 Å². The molecule has 12 aromatic rings. The Morgan fingerprint density at radius 2 is 0.912 bits per heavy atom. The highest BCUT2D eigenvalue weighted by Crippen LogP contribution is 2.46. The molecule has 0 saturated heterocycles. The van der Waals surface area contributed by atoms with Crippen LogP contribution in [0.4, 0.5) is 0 Å². The fraction of sp³-hybridized carbons (Fsp3) is 0. The lowest BCUT2D eigenvalue weighted by Crippen LogP contribution is -2.02. The summed E-state index contributed by atoms with van der Waals surface area (Å²) in [7, 11) is 0. The van der Waals surface area contributed by atoms with Gasteiger partial charge in [0.25, 0.3) is 0 Å². The van der Waals surface area contributed by atoms with Gasteiger partial charge in [0.05, 0.1) is 27.5 Å². The van der Waals surface area contributed by atoms with E-state index in [0.717, 1.165) is 82.8 Å². The van der Waals surface area contributed by atoms with Gasteiger partial charge in [-0.25, -0.2) is 15.0 Å². The number of hydrogen-bond donors (Lipinski definition) is 0. The monoisotopic (exact) mass is 729 g/mol. The van der Waals surface area contributed by atoms with E-state index in [0.29, 0.717) is 17.5 Å². The molecule has 0 saturated carbocycles. The predicted molar refractivity (Wildman–Crippen MR) is 232 cm³/mol. The number of para-hydroxylation sites is 4. The van der Waals surface area contributed by atoms with Crippen LogP contribution in [0, 0.1) is 0 Å². The Balaban J connectivity index is 1.23. The van der Waals surface area contributed by atoms with Gasteiger partial charge in [-0.15, -0.1) is 0 Å².